The van der Waals surface area contributed by atoms with Gasteiger partial charge in [-0.15, -0.1) is 0 Å². The van der Waals surface area contributed by atoms with Crippen molar-refractivity contribution in [3.8, 4) is 17.2 Å². The first-order chi connectivity index (χ1) is 11.1. The van der Waals surface area contributed by atoms with E-state index in [1.54, 1.807) is 36.5 Å². The van der Waals surface area contributed by atoms with Gasteiger partial charge in [-0.25, -0.2) is 0 Å². The molecule has 0 aliphatic heterocycles. The summed E-state index contributed by atoms with van der Waals surface area (Å²) in [5.74, 6) is 0.295. The monoisotopic (exact) mass is 312 g/mol. The van der Waals surface area contributed by atoms with Crippen LogP contribution < -0.4 is 0 Å². The molecule has 0 aliphatic rings. The fourth-order valence-electron chi connectivity index (χ4n) is 2.05. The van der Waals surface area contributed by atoms with Crippen LogP contribution >= 0.6 is 0 Å². The Morgan fingerprint density at radius 2 is 1.65 bits per heavy atom. The maximum absolute atomic E-state index is 9.77. The predicted molar refractivity (Wildman–Crippen MR) is 92.0 cm³/mol. The molecule has 0 bridgehead atoms. The summed E-state index contributed by atoms with van der Waals surface area (Å²) in [5.41, 5.74) is 2.29. The number of benzene rings is 2. The zero-order valence-electron chi connectivity index (χ0n) is 13.0. The van der Waals surface area contributed by atoms with Crippen molar-refractivity contribution < 1.29 is 15.3 Å². The second-order valence-electron chi connectivity index (χ2n) is 5.15. The van der Waals surface area contributed by atoms with Gasteiger partial charge in [-0.3, -0.25) is 9.98 Å². The van der Waals surface area contributed by atoms with Gasteiger partial charge in [0.1, 0.15) is 17.2 Å². The number of hydrogen-bond acceptors (Lipinski definition) is 5. The van der Waals surface area contributed by atoms with E-state index in [1.165, 1.54) is 12.1 Å². The van der Waals surface area contributed by atoms with E-state index < -0.39 is 0 Å². The van der Waals surface area contributed by atoms with Gasteiger partial charge in [0.05, 0.1) is 0 Å². The van der Waals surface area contributed by atoms with Gasteiger partial charge in [0.2, 0.25) is 0 Å². The molecule has 3 N–H and O–H groups in total. The van der Waals surface area contributed by atoms with Crippen molar-refractivity contribution in [2.75, 3.05) is 13.1 Å². The molecule has 0 amide bonds. The molecule has 0 unspecified atom stereocenters. The molecule has 0 saturated heterocycles. The van der Waals surface area contributed by atoms with Gasteiger partial charge >= 0.3 is 0 Å². The fraction of sp³-hybridized carbons (Fsp3) is 0.222. The summed E-state index contributed by atoms with van der Waals surface area (Å²) < 4.78 is 0. The largest absolute Gasteiger partial charge is 0.508 e. The average molecular weight is 312 g/mol. The average Bonchev–Trinajstić information content (AvgIpc) is 2.52. The molecule has 0 saturated carbocycles. The van der Waals surface area contributed by atoms with Crippen LogP contribution in [-0.2, 0) is 0 Å². The highest BCUT2D eigenvalue weighted by atomic mass is 16.3. The highest BCUT2D eigenvalue weighted by Crippen LogP contribution is 2.23. The van der Waals surface area contributed by atoms with E-state index in [0.29, 0.717) is 18.7 Å². The fourth-order valence-corrected chi connectivity index (χ4v) is 2.05. The third kappa shape index (κ3) is 5.14. The van der Waals surface area contributed by atoms with Crippen LogP contribution in [0.1, 0.15) is 24.5 Å². The second kappa shape index (κ2) is 7.98. The molecule has 0 aromatic heterocycles. The van der Waals surface area contributed by atoms with Gasteiger partial charge in [-0.2, -0.15) is 0 Å². The second-order valence-corrected chi connectivity index (χ2v) is 5.15. The van der Waals surface area contributed by atoms with Crippen LogP contribution in [0.15, 0.2) is 52.4 Å². The Morgan fingerprint density at radius 1 is 0.957 bits per heavy atom. The SMILES string of the molecule is CC(=NCCCN=Cc1ccc(O)cc1)c1ccc(O)cc1O. The number of hydrogen-bond donors (Lipinski definition) is 3. The Labute approximate surface area is 135 Å². The molecule has 5 heteroatoms. The Morgan fingerprint density at radius 3 is 2.35 bits per heavy atom. The van der Waals surface area contributed by atoms with Gasteiger partial charge in [-0.05, 0) is 55.3 Å². The van der Waals surface area contributed by atoms with Crippen molar-refractivity contribution >= 4 is 11.9 Å². The van der Waals surface area contributed by atoms with Gasteiger partial charge in [0, 0.05) is 36.6 Å². The maximum atomic E-state index is 9.77. The van der Waals surface area contributed by atoms with Crippen LogP contribution in [0.4, 0.5) is 0 Å². The Bertz CT molecular complexity index is 707. The maximum Gasteiger partial charge on any atom is 0.128 e. The van der Waals surface area contributed by atoms with Crippen molar-refractivity contribution in [1.29, 1.82) is 0 Å². The summed E-state index contributed by atoms with van der Waals surface area (Å²) in [5, 5.41) is 28.2. The van der Waals surface area contributed by atoms with Gasteiger partial charge < -0.3 is 15.3 Å². The number of phenolic OH excluding ortho intramolecular Hbond substituents is 3. The van der Waals surface area contributed by atoms with Crippen LogP contribution in [0.3, 0.4) is 0 Å². The lowest BCUT2D eigenvalue weighted by Gasteiger charge is -2.04. The van der Waals surface area contributed by atoms with E-state index in [-0.39, 0.29) is 17.2 Å². The van der Waals surface area contributed by atoms with E-state index in [9.17, 15) is 15.3 Å². The molecular formula is C18H20N2O3. The topological polar surface area (TPSA) is 85.4 Å². The number of aromatic hydroxyl groups is 3. The number of rotatable bonds is 6. The van der Waals surface area contributed by atoms with Crippen molar-refractivity contribution in [2.24, 2.45) is 9.98 Å². The lowest BCUT2D eigenvalue weighted by Crippen LogP contribution is -1.98. The standard InChI is InChI=1S/C18H20N2O3/c1-13(17-8-7-16(22)11-18(17)23)20-10-2-9-19-12-14-3-5-15(21)6-4-14/h3-8,11-12,21-23H,2,9-10H2,1H3. The quantitative estimate of drug-likeness (QED) is 0.566. The minimum Gasteiger partial charge on any atom is -0.508 e. The molecule has 0 heterocycles. The minimum atomic E-state index is 0.0246. The van der Waals surface area contributed by atoms with Crippen LogP contribution in [0, 0.1) is 0 Å². The number of phenols is 3. The molecule has 23 heavy (non-hydrogen) atoms. The summed E-state index contributed by atoms with van der Waals surface area (Å²) in [6, 6.07) is 11.3. The van der Waals surface area contributed by atoms with E-state index >= 15 is 0 Å². The molecule has 0 aliphatic carbocycles. The van der Waals surface area contributed by atoms with Crippen molar-refractivity contribution in [2.45, 2.75) is 13.3 Å². The molecular weight excluding hydrogens is 292 g/mol. The minimum absolute atomic E-state index is 0.0246. The summed E-state index contributed by atoms with van der Waals surface area (Å²) in [6.07, 6.45) is 2.56. The molecule has 0 fully saturated rings. The highest BCUT2D eigenvalue weighted by Gasteiger charge is 2.04. The Balaban J connectivity index is 1.81. The molecule has 2 aromatic rings. The molecule has 0 atom stereocenters. The van der Waals surface area contributed by atoms with Crippen molar-refractivity contribution in [3.63, 3.8) is 0 Å². The molecule has 120 valence electrons. The van der Waals surface area contributed by atoms with Gasteiger partial charge in [0.15, 0.2) is 0 Å². The lowest BCUT2D eigenvalue weighted by atomic mass is 10.1. The van der Waals surface area contributed by atoms with Crippen LogP contribution in [0.25, 0.3) is 0 Å². The molecule has 2 aromatic carbocycles. The molecule has 2 rings (SSSR count). The van der Waals surface area contributed by atoms with Crippen LogP contribution in [-0.4, -0.2) is 40.3 Å². The normalized spacial score (nSPS) is 12.0. The third-order valence-corrected chi connectivity index (χ3v) is 3.30. The molecule has 0 radical (unpaired) electrons. The predicted octanol–water partition coefficient (Wildman–Crippen LogP) is 3.12. The lowest BCUT2D eigenvalue weighted by molar-refractivity contribution is 0.450. The summed E-state index contributed by atoms with van der Waals surface area (Å²) in [4.78, 5) is 8.72. The van der Waals surface area contributed by atoms with Gasteiger partial charge in [-0.1, -0.05) is 0 Å². The summed E-state index contributed by atoms with van der Waals surface area (Å²) in [6.45, 7) is 3.09. The first-order valence-electron chi connectivity index (χ1n) is 7.38. The van der Waals surface area contributed by atoms with Crippen molar-refractivity contribution in [3.05, 3.63) is 53.6 Å². The number of aliphatic imine (C=N–C) groups is 2. The van der Waals surface area contributed by atoms with Crippen LogP contribution in [0.5, 0.6) is 17.2 Å². The smallest absolute Gasteiger partial charge is 0.128 e. The zero-order valence-corrected chi connectivity index (χ0v) is 13.0. The van der Waals surface area contributed by atoms with E-state index in [4.69, 9.17) is 0 Å². The van der Waals surface area contributed by atoms with Crippen molar-refractivity contribution in [1.82, 2.24) is 0 Å². The van der Waals surface area contributed by atoms with Crippen LogP contribution in [0.2, 0.25) is 0 Å². The summed E-state index contributed by atoms with van der Waals surface area (Å²) in [7, 11) is 0. The van der Waals surface area contributed by atoms with E-state index in [2.05, 4.69) is 9.98 Å². The Kier molecular flexibility index (Phi) is 5.74. The van der Waals surface area contributed by atoms with E-state index in [0.717, 1.165) is 17.7 Å². The zero-order chi connectivity index (χ0) is 16.7. The molecule has 5 nitrogen and oxygen atoms in total. The first-order valence-corrected chi connectivity index (χ1v) is 7.38. The first kappa shape index (κ1) is 16.5. The highest BCUT2D eigenvalue weighted by molar-refractivity contribution is 6.01. The molecule has 0 spiro atoms. The summed E-state index contributed by atoms with van der Waals surface area (Å²) >= 11 is 0. The third-order valence-electron chi connectivity index (χ3n) is 3.30. The van der Waals surface area contributed by atoms with E-state index in [1.807, 2.05) is 6.92 Å². The number of nitrogens with zero attached hydrogens (tertiary/aromatic N) is 2. The van der Waals surface area contributed by atoms with Gasteiger partial charge in [0.25, 0.3) is 0 Å². The Hall–Kier alpha value is -2.82.